The van der Waals surface area contributed by atoms with Crippen molar-refractivity contribution < 1.29 is 4.79 Å². The number of amides is 1. The highest BCUT2D eigenvalue weighted by Gasteiger charge is 2.39. The molecular formula is C18H37Cl3N4OS. The molecule has 9 heteroatoms. The molecule has 2 N–H and O–H groups in total. The fraction of sp³-hybridized carbons (Fsp3) is 0.944. The number of hydrogen-bond acceptors (Lipinski definition) is 5. The summed E-state index contributed by atoms with van der Waals surface area (Å²) in [5.74, 6) is 2.46. The first-order chi connectivity index (χ1) is 11.7. The van der Waals surface area contributed by atoms with Crippen LogP contribution in [0.1, 0.15) is 38.5 Å². The molecule has 3 saturated heterocycles. The van der Waals surface area contributed by atoms with Gasteiger partial charge in [0.25, 0.3) is 0 Å². The Labute approximate surface area is 187 Å². The van der Waals surface area contributed by atoms with E-state index in [0.717, 1.165) is 31.9 Å². The molecule has 0 radical (unpaired) electrons. The fourth-order valence-corrected chi connectivity index (χ4v) is 5.27. The van der Waals surface area contributed by atoms with Crippen LogP contribution in [0, 0.1) is 0 Å². The number of hydrogen-bond donors (Lipinski definition) is 2. The van der Waals surface area contributed by atoms with Gasteiger partial charge < -0.3 is 15.5 Å². The van der Waals surface area contributed by atoms with Gasteiger partial charge in [0.15, 0.2) is 0 Å². The third-order valence-corrected chi connectivity index (χ3v) is 7.12. The molecule has 5 nitrogen and oxygen atoms in total. The maximum Gasteiger partial charge on any atom is 0.221 e. The molecule has 1 atom stereocenters. The van der Waals surface area contributed by atoms with Crippen LogP contribution in [0.15, 0.2) is 0 Å². The second-order valence-corrected chi connectivity index (χ2v) is 8.93. The van der Waals surface area contributed by atoms with Gasteiger partial charge in [-0.1, -0.05) is 6.42 Å². The standard InChI is InChI=1S/C18H34N4OS.3ClH/c1-21-10-5-18(6-11-21,22-8-3-2-4-9-22)15-20-17(23)13-16-14-24-12-7-19-16;;;/h16,19H,2-15H2,1H3,(H,20,23);3*1H. The number of nitrogens with one attached hydrogen (secondary N) is 2. The SMILES string of the molecule is CN1CCC(CNC(=O)CC2CSCCN2)(N2CCCCC2)CC1.Cl.Cl.Cl. The highest BCUT2D eigenvalue weighted by molar-refractivity contribution is 7.99. The summed E-state index contributed by atoms with van der Waals surface area (Å²) in [7, 11) is 2.21. The van der Waals surface area contributed by atoms with E-state index in [9.17, 15) is 4.79 Å². The molecule has 0 bridgehead atoms. The third kappa shape index (κ3) is 8.07. The molecule has 0 saturated carbocycles. The molecule has 3 rings (SSSR count). The number of rotatable bonds is 5. The molecule has 1 unspecified atom stereocenters. The molecule has 3 heterocycles. The second-order valence-electron chi connectivity index (χ2n) is 7.78. The van der Waals surface area contributed by atoms with Crippen molar-refractivity contribution in [2.24, 2.45) is 0 Å². The van der Waals surface area contributed by atoms with E-state index < -0.39 is 0 Å². The van der Waals surface area contributed by atoms with Crippen LogP contribution < -0.4 is 10.6 Å². The quantitative estimate of drug-likeness (QED) is 0.656. The van der Waals surface area contributed by atoms with Gasteiger partial charge in [0, 0.05) is 42.6 Å². The number of halogens is 3. The van der Waals surface area contributed by atoms with E-state index >= 15 is 0 Å². The van der Waals surface area contributed by atoms with Crippen molar-refractivity contribution in [3.63, 3.8) is 0 Å². The van der Waals surface area contributed by atoms with Gasteiger partial charge in [0.05, 0.1) is 0 Å². The Morgan fingerprint density at radius 1 is 1.11 bits per heavy atom. The van der Waals surface area contributed by atoms with E-state index in [1.54, 1.807) is 0 Å². The largest absolute Gasteiger partial charge is 0.354 e. The summed E-state index contributed by atoms with van der Waals surface area (Å²) in [6, 6.07) is 0.354. The van der Waals surface area contributed by atoms with Crippen molar-refractivity contribution >= 4 is 54.9 Å². The van der Waals surface area contributed by atoms with Crippen LogP contribution in [0.4, 0.5) is 0 Å². The molecule has 3 fully saturated rings. The van der Waals surface area contributed by atoms with Gasteiger partial charge >= 0.3 is 0 Å². The second kappa shape index (κ2) is 13.7. The molecule has 0 aromatic carbocycles. The van der Waals surface area contributed by atoms with Crippen molar-refractivity contribution in [2.75, 3.05) is 57.8 Å². The van der Waals surface area contributed by atoms with Gasteiger partial charge in [-0.25, -0.2) is 0 Å². The van der Waals surface area contributed by atoms with Crippen molar-refractivity contribution in [3.05, 3.63) is 0 Å². The van der Waals surface area contributed by atoms with Crippen LogP contribution in [-0.2, 0) is 4.79 Å². The average Bonchev–Trinajstić information content (AvgIpc) is 2.63. The Bertz CT molecular complexity index is 413. The zero-order valence-corrected chi connectivity index (χ0v) is 19.7. The molecule has 0 aliphatic carbocycles. The minimum absolute atomic E-state index is 0. The third-order valence-electron chi connectivity index (χ3n) is 5.99. The Hall–Kier alpha value is 0.570. The van der Waals surface area contributed by atoms with E-state index in [2.05, 4.69) is 27.5 Å². The van der Waals surface area contributed by atoms with Gasteiger partial charge in [-0.05, 0) is 58.9 Å². The van der Waals surface area contributed by atoms with Crippen molar-refractivity contribution in [1.29, 1.82) is 0 Å². The van der Waals surface area contributed by atoms with Gasteiger partial charge in [-0.15, -0.1) is 37.2 Å². The predicted octanol–water partition coefficient (Wildman–Crippen LogP) is 2.41. The summed E-state index contributed by atoms with van der Waals surface area (Å²) in [5.41, 5.74) is 0.192. The molecule has 0 aromatic heterocycles. The number of nitrogens with zero attached hydrogens (tertiary/aromatic N) is 2. The van der Waals surface area contributed by atoms with E-state index in [-0.39, 0.29) is 48.7 Å². The number of carbonyl (C=O) groups is 1. The Kier molecular flexibility index (Phi) is 14.0. The highest BCUT2D eigenvalue weighted by Crippen LogP contribution is 2.30. The zero-order valence-electron chi connectivity index (χ0n) is 16.4. The summed E-state index contributed by atoms with van der Waals surface area (Å²) >= 11 is 1.96. The minimum Gasteiger partial charge on any atom is -0.354 e. The van der Waals surface area contributed by atoms with Gasteiger partial charge in [0.2, 0.25) is 5.91 Å². The lowest BCUT2D eigenvalue weighted by Gasteiger charge is -2.50. The average molecular weight is 464 g/mol. The molecule has 3 aliphatic rings. The normalized spacial score (nSPS) is 26.0. The predicted molar refractivity (Wildman–Crippen MR) is 123 cm³/mol. The van der Waals surface area contributed by atoms with Gasteiger partial charge in [-0.3, -0.25) is 9.69 Å². The first-order valence-corrected chi connectivity index (χ1v) is 10.8. The van der Waals surface area contributed by atoms with E-state index in [1.807, 2.05) is 11.8 Å². The maximum absolute atomic E-state index is 12.5. The Balaban J connectivity index is 0.00000225. The molecule has 3 aliphatic heterocycles. The van der Waals surface area contributed by atoms with Crippen LogP contribution >= 0.6 is 49.0 Å². The highest BCUT2D eigenvalue weighted by atomic mass is 35.5. The van der Waals surface area contributed by atoms with Crippen LogP contribution in [-0.4, -0.2) is 85.1 Å². The number of carbonyl (C=O) groups excluding carboxylic acids is 1. The Morgan fingerprint density at radius 2 is 1.78 bits per heavy atom. The van der Waals surface area contributed by atoms with Crippen molar-refractivity contribution in [3.8, 4) is 0 Å². The summed E-state index contributed by atoms with van der Waals surface area (Å²) in [4.78, 5) is 17.6. The summed E-state index contributed by atoms with van der Waals surface area (Å²) < 4.78 is 0. The number of likely N-dealkylation sites (tertiary alicyclic amines) is 2. The minimum atomic E-state index is 0. The molecule has 1 amide bonds. The monoisotopic (exact) mass is 462 g/mol. The van der Waals surface area contributed by atoms with Crippen LogP contribution in [0.5, 0.6) is 0 Å². The molecule has 0 spiro atoms. The van der Waals surface area contributed by atoms with E-state index in [4.69, 9.17) is 0 Å². The van der Waals surface area contributed by atoms with E-state index in [0.29, 0.717) is 12.5 Å². The lowest BCUT2D eigenvalue weighted by Crippen LogP contribution is -2.61. The maximum atomic E-state index is 12.5. The fourth-order valence-electron chi connectivity index (χ4n) is 4.32. The van der Waals surface area contributed by atoms with Crippen LogP contribution in [0.25, 0.3) is 0 Å². The Morgan fingerprint density at radius 3 is 2.37 bits per heavy atom. The molecular weight excluding hydrogens is 427 g/mol. The summed E-state index contributed by atoms with van der Waals surface area (Å²) in [6.07, 6.45) is 6.99. The topological polar surface area (TPSA) is 47.6 Å². The first-order valence-electron chi connectivity index (χ1n) is 9.69. The lowest BCUT2D eigenvalue weighted by atomic mass is 9.84. The number of thioether (sulfide) groups is 1. The molecule has 0 aromatic rings. The molecule has 162 valence electrons. The number of piperidine rings is 2. The van der Waals surface area contributed by atoms with Gasteiger partial charge in [0.1, 0.15) is 0 Å². The van der Waals surface area contributed by atoms with Crippen LogP contribution in [0.2, 0.25) is 0 Å². The summed E-state index contributed by atoms with van der Waals surface area (Å²) in [6.45, 7) is 6.58. The van der Waals surface area contributed by atoms with Crippen LogP contribution in [0.3, 0.4) is 0 Å². The van der Waals surface area contributed by atoms with Crippen molar-refractivity contribution in [1.82, 2.24) is 20.4 Å². The molecule has 27 heavy (non-hydrogen) atoms. The first kappa shape index (κ1) is 27.6. The zero-order chi connectivity index (χ0) is 16.8. The van der Waals surface area contributed by atoms with E-state index in [1.165, 1.54) is 50.9 Å². The lowest BCUT2D eigenvalue weighted by molar-refractivity contribution is -0.122. The smallest absolute Gasteiger partial charge is 0.221 e. The summed E-state index contributed by atoms with van der Waals surface area (Å²) in [5, 5.41) is 6.77. The van der Waals surface area contributed by atoms with Gasteiger partial charge in [-0.2, -0.15) is 11.8 Å². The van der Waals surface area contributed by atoms with Crippen molar-refractivity contribution in [2.45, 2.75) is 50.1 Å².